The molecule has 2 rings (SSSR count). The molecule has 0 aromatic heterocycles. The smallest absolute Gasteiger partial charge is 0.269 e. The third kappa shape index (κ3) is 6.66. The highest BCUT2D eigenvalue weighted by Crippen LogP contribution is 2.17. The largest absolute Gasteiger partial charge is 0.494 e. The number of hydrazine groups is 1. The van der Waals surface area contributed by atoms with Crippen LogP contribution in [-0.4, -0.2) is 25.0 Å². The van der Waals surface area contributed by atoms with Gasteiger partial charge in [-0.2, -0.15) is 0 Å². The highest BCUT2D eigenvalue weighted by atomic mass is 16.5. The van der Waals surface area contributed by atoms with E-state index in [9.17, 15) is 9.59 Å². The quantitative estimate of drug-likeness (QED) is 0.552. The number of benzene rings is 2. The van der Waals surface area contributed by atoms with Crippen molar-refractivity contribution in [2.75, 3.05) is 13.2 Å². The summed E-state index contributed by atoms with van der Waals surface area (Å²) >= 11 is 0. The lowest BCUT2D eigenvalue weighted by atomic mass is 10.1. The Morgan fingerprint density at radius 1 is 0.926 bits per heavy atom. The lowest BCUT2D eigenvalue weighted by Gasteiger charge is -2.10. The summed E-state index contributed by atoms with van der Waals surface area (Å²) in [5.74, 6) is 0.931. The summed E-state index contributed by atoms with van der Waals surface area (Å²) in [6.45, 7) is 6.79. The molecule has 0 saturated carbocycles. The van der Waals surface area contributed by atoms with Gasteiger partial charge in [0.2, 0.25) is 5.91 Å². The number of hydrogen-bond acceptors (Lipinski definition) is 4. The molecule has 0 spiro atoms. The van der Waals surface area contributed by atoms with Crippen molar-refractivity contribution in [3.05, 3.63) is 59.2 Å². The number of nitrogens with one attached hydrogen (secondary N) is 2. The molecule has 2 aromatic rings. The van der Waals surface area contributed by atoms with Crippen molar-refractivity contribution >= 4 is 11.8 Å². The zero-order valence-corrected chi connectivity index (χ0v) is 16.0. The van der Waals surface area contributed by atoms with Crippen LogP contribution in [0.15, 0.2) is 42.5 Å². The van der Waals surface area contributed by atoms with Crippen LogP contribution in [0.3, 0.4) is 0 Å². The van der Waals surface area contributed by atoms with Crippen molar-refractivity contribution in [3.8, 4) is 11.5 Å². The minimum absolute atomic E-state index is 0.254. The summed E-state index contributed by atoms with van der Waals surface area (Å²) in [5, 5.41) is 0. The van der Waals surface area contributed by atoms with Crippen LogP contribution in [0.4, 0.5) is 0 Å². The second kappa shape index (κ2) is 10.2. The number of carbonyl (C=O) groups excluding carboxylic acids is 2. The maximum atomic E-state index is 12.1. The summed E-state index contributed by atoms with van der Waals surface area (Å²) in [5.41, 5.74) is 7.37. The number of rotatable bonds is 8. The van der Waals surface area contributed by atoms with Gasteiger partial charge in [-0.05, 0) is 63.1 Å². The summed E-state index contributed by atoms with van der Waals surface area (Å²) in [7, 11) is 0. The number of ether oxygens (including phenoxy) is 2. The Balaban J connectivity index is 1.66. The van der Waals surface area contributed by atoms with E-state index >= 15 is 0 Å². The molecule has 0 aliphatic heterocycles. The molecule has 0 atom stereocenters. The van der Waals surface area contributed by atoms with Crippen LogP contribution in [0.1, 0.15) is 41.3 Å². The lowest BCUT2D eigenvalue weighted by Crippen LogP contribution is -2.41. The van der Waals surface area contributed by atoms with Crippen LogP contribution in [0.2, 0.25) is 0 Å². The van der Waals surface area contributed by atoms with Crippen molar-refractivity contribution in [1.82, 2.24) is 10.9 Å². The van der Waals surface area contributed by atoms with Crippen LogP contribution in [0.25, 0.3) is 0 Å². The van der Waals surface area contributed by atoms with Crippen molar-refractivity contribution in [2.24, 2.45) is 0 Å². The van der Waals surface area contributed by atoms with Gasteiger partial charge in [-0.3, -0.25) is 20.4 Å². The van der Waals surface area contributed by atoms with Crippen molar-refractivity contribution < 1.29 is 19.1 Å². The normalized spacial score (nSPS) is 10.2. The second-order valence-corrected chi connectivity index (χ2v) is 6.18. The van der Waals surface area contributed by atoms with Crippen molar-refractivity contribution in [2.45, 2.75) is 33.6 Å². The third-order valence-electron chi connectivity index (χ3n) is 3.89. The van der Waals surface area contributed by atoms with Crippen LogP contribution >= 0.6 is 0 Å². The Kier molecular flexibility index (Phi) is 7.67. The van der Waals surface area contributed by atoms with Gasteiger partial charge in [0, 0.05) is 12.0 Å². The van der Waals surface area contributed by atoms with E-state index in [-0.39, 0.29) is 18.2 Å². The molecular formula is C21H26N2O4. The first-order chi connectivity index (χ1) is 13.0. The van der Waals surface area contributed by atoms with E-state index < -0.39 is 0 Å². The maximum absolute atomic E-state index is 12.1. The van der Waals surface area contributed by atoms with E-state index in [0.29, 0.717) is 25.2 Å². The molecule has 0 bridgehead atoms. The zero-order chi connectivity index (χ0) is 19.6. The van der Waals surface area contributed by atoms with Crippen molar-refractivity contribution in [1.29, 1.82) is 0 Å². The second-order valence-electron chi connectivity index (χ2n) is 6.18. The molecule has 2 N–H and O–H groups in total. The molecule has 2 amide bonds. The summed E-state index contributed by atoms with van der Waals surface area (Å²) in [6, 6.07) is 12.9. The first-order valence-corrected chi connectivity index (χ1v) is 9.01. The van der Waals surface area contributed by atoms with Gasteiger partial charge in [0.25, 0.3) is 5.91 Å². The highest BCUT2D eigenvalue weighted by Gasteiger charge is 2.10. The molecule has 0 heterocycles. The molecule has 0 fully saturated rings. The Labute approximate surface area is 159 Å². The van der Waals surface area contributed by atoms with E-state index in [1.54, 1.807) is 6.07 Å². The molecule has 0 aliphatic rings. The average molecular weight is 370 g/mol. The van der Waals surface area contributed by atoms with Gasteiger partial charge in [-0.1, -0.05) is 17.7 Å². The summed E-state index contributed by atoms with van der Waals surface area (Å²) < 4.78 is 11.0. The number of hydrogen-bond donors (Lipinski definition) is 2. The molecule has 27 heavy (non-hydrogen) atoms. The number of aryl methyl sites for hydroxylation is 2. The standard InChI is InChI=1S/C21H26N2O4/c1-4-26-17-8-10-18(11-9-17)27-13-5-6-20(24)22-23-21(25)19-12-7-15(2)14-16(19)3/h7-12,14H,4-6,13H2,1-3H3,(H,22,24)(H,23,25). The molecule has 2 aromatic carbocycles. The number of carbonyl (C=O) groups is 2. The predicted octanol–water partition coefficient (Wildman–Crippen LogP) is 3.32. The Morgan fingerprint density at radius 3 is 2.22 bits per heavy atom. The van der Waals surface area contributed by atoms with Gasteiger partial charge in [-0.15, -0.1) is 0 Å². The van der Waals surface area contributed by atoms with Crippen LogP contribution < -0.4 is 20.3 Å². The van der Waals surface area contributed by atoms with E-state index in [1.165, 1.54) is 0 Å². The fourth-order valence-corrected chi connectivity index (χ4v) is 2.55. The molecule has 0 unspecified atom stereocenters. The minimum atomic E-state index is -0.327. The Hall–Kier alpha value is -3.02. The highest BCUT2D eigenvalue weighted by molar-refractivity contribution is 5.96. The van der Waals surface area contributed by atoms with Gasteiger partial charge >= 0.3 is 0 Å². The van der Waals surface area contributed by atoms with Gasteiger partial charge in [-0.25, -0.2) is 0 Å². The molecular weight excluding hydrogens is 344 g/mol. The molecule has 0 aliphatic carbocycles. The number of amides is 2. The van der Waals surface area contributed by atoms with Gasteiger partial charge in [0.15, 0.2) is 0 Å². The first-order valence-electron chi connectivity index (χ1n) is 9.01. The Morgan fingerprint density at radius 2 is 1.59 bits per heavy atom. The first kappa shape index (κ1) is 20.3. The minimum Gasteiger partial charge on any atom is -0.494 e. The van der Waals surface area contributed by atoms with Gasteiger partial charge < -0.3 is 9.47 Å². The van der Waals surface area contributed by atoms with Crippen molar-refractivity contribution in [3.63, 3.8) is 0 Å². The SMILES string of the molecule is CCOc1ccc(OCCCC(=O)NNC(=O)c2ccc(C)cc2C)cc1. The third-order valence-corrected chi connectivity index (χ3v) is 3.89. The van der Waals surface area contributed by atoms with Gasteiger partial charge in [0.05, 0.1) is 13.2 Å². The van der Waals surface area contributed by atoms with Crippen LogP contribution in [0, 0.1) is 13.8 Å². The van der Waals surface area contributed by atoms with Crippen LogP contribution in [-0.2, 0) is 4.79 Å². The molecule has 6 nitrogen and oxygen atoms in total. The van der Waals surface area contributed by atoms with E-state index in [2.05, 4.69) is 10.9 Å². The molecule has 0 radical (unpaired) electrons. The lowest BCUT2D eigenvalue weighted by molar-refractivity contribution is -0.122. The Bertz CT molecular complexity index is 772. The monoisotopic (exact) mass is 370 g/mol. The fraction of sp³-hybridized carbons (Fsp3) is 0.333. The van der Waals surface area contributed by atoms with E-state index in [4.69, 9.17) is 9.47 Å². The topological polar surface area (TPSA) is 76.7 Å². The summed E-state index contributed by atoms with van der Waals surface area (Å²) in [6.07, 6.45) is 0.794. The van der Waals surface area contributed by atoms with E-state index in [0.717, 1.165) is 22.6 Å². The summed E-state index contributed by atoms with van der Waals surface area (Å²) in [4.78, 5) is 24.0. The maximum Gasteiger partial charge on any atom is 0.269 e. The molecule has 144 valence electrons. The average Bonchev–Trinajstić information content (AvgIpc) is 2.65. The predicted molar refractivity (Wildman–Crippen MR) is 104 cm³/mol. The molecule has 0 saturated heterocycles. The molecule has 6 heteroatoms. The zero-order valence-electron chi connectivity index (χ0n) is 16.0. The van der Waals surface area contributed by atoms with E-state index in [1.807, 2.05) is 57.2 Å². The fourth-order valence-electron chi connectivity index (χ4n) is 2.55. The van der Waals surface area contributed by atoms with Gasteiger partial charge in [0.1, 0.15) is 11.5 Å². The van der Waals surface area contributed by atoms with Crippen LogP contribution in [0.5, 0.6) is 11.5 Å².